The summed E-state index contributed by atoms with van der Waals surface area (Å²) in [4.78, 5) is 44.8. The molecule has 2 N–H and O–H groups in total. The van der Waals surface area contributed by atoms with Gasteiger partial charge in [-0.15, -0.1) is 0 Å². The molecule has 0 spiro atoms. The third-order valence-electron chi connectivity index (χ3n) is 2.22. The van der Waals surface area contributed by atoms with Gasteiger partial charge in [-0.3, -0.25) is 24.5 Å². The van der Waals surface area contributed by atoms with Crippen molar-refractivity contribution in [2.24, 2.45) is 5.92 Å². The maximum atomic E-state index is 11.8. The van der Waals surface area contributed by atoms with Gasteiger partial charge in [0.05, 0.1) is 6.04 Å². The quantitative estimate of drug-likeness (QED) is 0.324. The number of thiol groups is 1. The molecule has 1 rings (SSSR count). The molecule has 0 aliphatic carbocycles. The molecular formula is C9H12N2O4S. The number of hydrogen-bond acceptors (Lipinski definition) is 5. The van der Waals surface area contributed by atoms with Crippen molar-refractivity contribution in [2.75, 3.05) is 5.75 Å². The fraction of sp³-hybridized carbons (Fsp3) is 0.556. The summed E-state index contributed by atoms with van der Waals surface area (Å²) in [7, 11) is 0. The van der Waals surface area contributed by atoms with E-state index in [1.165, 1.54) is 6.92 Å². The first-order chi connectivity index (χ1) is 7.45. The molecule has 2 atom stereocenters. The van der Waals surface area contributed by atoms with Gasteiger partial charge in [0.1, 0.15) is 5.92 Å². The van der Waals surface area contributed by atoms with Crippen LogP contribution in [0.15, 0.2) is 0 Å². The zero-order valence-corrected chi connectivity index (χ0v) is 9.54. The van der Waals surface area contributed by atoms with Crippen LogP contribution in [0, 0.1) is 5.92 Å². The van der Waals surface area contributed by atoms with Gasteiger partial charge in [0.25, 0.3) is 0 Å². The second-order valence-corrected chi connectivity index (χ2v) is 3.87. The minimum Gasteiger partial charge on any atom is -0.346 e. The largest absolute Gasteiger partial charge is 0.346 e. The van der Waals surface area contributed by atoms with Crippen LogP contribution < -0.4 is 10.6 Å². The van der Waals surface area contributed by atoms with Crippen LogP contribution in [-0.4, -0.2) is 35.3 Å². The highest BCUT2D eigenvalue weighted by Crippen LogP contribution is 2.14. The summed E-state index contributed by atoms with van der Waals surface area (Å²) >= 11 is 3.92. The lowest BCUT2D eigenvalue weighted by atomic mass is 9.97. The maximum Gasteiger partial charge on any atom is 0.237 e. The standard InChI is InChI=1S/C9H12N2O4S/c1-4(12)10-6(3-16)8(14)5-2-7(13)11-9(5)15/h5-6,16H,2-3H2,1H3,(H,10,12)(H,11,13,15)/t5?,6-/m0/s1. The Morgan fingerprint density at radius 2 is 2.19 bits per heavy atom. The zero-order chi connectivity index (χ0) is 12.3. The number of hydrogen-bond donors (Lipinski definition) is 3. The van der Waals surface area contributed by atoms with Crippen LogP contribution in [0.3, 0.4) is 0 Å². The first-order valence-electron chi connectivity index (χ1n) is 4.71. The van der Waals surface area contributed by atoms with Crippen molar-refractivity contribution >= 4 is 36.1 Å². The molecule has 7 heteroatoms. The van der Waals surface area contributed by atoms with Crippen molar-refractivity contribution in [1.29, 1.82) is 0 Å². The molecule has 0 aromatic rings. The van der Waals surface area contributed by atoms with Crippen molar-refractivity contribution in [3.63, 3.8) is 0 Å². The van der Waals surface area contributed by atoms with E-state index in [2.05, 4.69) is 17.9 Å². The van der Waals surface area contributed by atoms with Crippen molar-refractivity contribution in [1.82, 2.24) is 10.6 Å². The predicted octanol–water partition coefficient (Wildman–Crippen LogP) is -1.35. The summed E-state index contributed by atoms with van der Waals surface area (Å²) < 4.78 is 0. The van der Waals surface area contributed by atoms with Gasteiger partial charge in [-0.05, 0) is 0 Å². The number of amides is 3. The van der Waals surface area contributed by atoms with E-state index in [1.807, 2.05) is 5.32 Å². The number of rotatable bonds is 4. The molecule has 0 bridgehead atoms. The third-order valence-corrected chi connectivity index (χ3v) is 2.58. The van der Waals surface area contributed by atoms with Crippen molar-refractivity contribution in [3.05, 3.63) is 0 Å². The Bertz CT molecular complexity index is 355. The Kier molecular flexibility index (Phi) is 4.05. The van der Waals surface area contributed by atoms with Crippen molar-refractivity contribution < 1.29 is 19.2 Å². The molecule has 1 fully saturated rings. The van der Waals surface area contributed by atoms with E-state index in [9.17, 15) is 19.2 Å². The first-order valence-corrected chi connectivity index (χ1v) is 5.34. The molecule has 16 heavy (non-hydrogen) atoms. The normalized spacial score (nSPS) is 21.5. The van der Waals surface area contributed by atoms with E-state index >= 15 is 0 Å². The minimum atomic E-state index is -1.00. The number of ketones is 1. The Balaban J connectivity index is 2.71. The molecule has 0 saturated carbocycles. The average Bonchev–Trinajstić information content (AvgIpc) is 2.53. The summed E-state index contributed by atoms with van der Waals surface area (Å²) in [6, 6.07) is -0.831. The molecule has 1 heterocycles. The van der Waals surface area contributed by atoms with Crippen LogP contribution in [0.25, 0.3) is 0 Å². The van der Waals surface area contributed by atoms with Gasteiger partial charge in [-0.25, -0.2) is 0 Å². The van der Waals surface area contributed by atoms with Crippen LogP contribution in [0.1, 0.15) is 13.3 Å². The van der Waals surface area contributed by atoms with E-state index < -0.39 is 29.6 Å². The Morgan fingerprint density at radius 3 is 2.56 bits per heavy atom. The highest BCUT2D eigenvalue weighted by molar-refractivity contribution is 7.80. The second-order valence-electron chi connectivity index (χ2n) is 3.51. The monoisotopic (exact) mass is 244 g/mol. The molecule has 1 aliphatic rings. The number of carbonyl (C=O) groups is 4. The Hall–Kier alpha value is -1.37. The lowest BCUT2D eigenvalue weighted by molar-refractivity contribution is -0.134. The molecule has 1 aliphatic heterocycles. The van der Waals surface area contributed by atoms with Gasteiger partial charge in [0.15, 0.2) is 5.78 Å². The summed E-state index contributed by atoms with van der Waals surface area (Å²) in [6.45, 7) is 1.27. The van der Waals surface area contributed by atoms with Gasteiger partial charge in [-0.1, -0.05) is 0 Å². The molecule has 88 valence electrons. The van der Waals surface area contributed by atoms with E-state index in [1.54, 1.807) is 0 Å². The smallest absolute Gasteiger partial charge is 0.237 e. The minimum absolute atomic E-state index is 0.0936. The summed E-state index contributed by atoms with van der Waals surface area (Å²) in [5.41, 5.74) is 0. The number of Topliss-reactive ketones (excluding diaryl/α,β-unsaturated/α-hetero) is 1. The number of imide groups is 1. The summed E-state index contributed by atoms with van der Waals surface area (Å²) in [5, 5.41) is 4.43. The average molecular weight is 244 g/mol. The fourth-order valence-corrected chi connectivity index (χ4v) is 1.75. The lowest BCUT2D eigenvalue weighted by Crippen LogP contribution is -2.45. The topological polar surface area (TPSA) is 92.3 Å². The van der Waals surface area contributed by atoms with Gasteiger partial charge in [0.2, 0.25) is 17.7 Å². The molecule has 0 aromatic carbocycles. The summed E-state index contributed by atoms with van der Waals surface area (Å²) in [5.74, 6) is -2.84. The van der Waals surface area contributed by atoms with E-state index in [0.29, 0.717) is 0 Å². The number of nitrogens with one attached hydrogen (secondary N) is 2. The highest BCUT2D eigenvalue weighted by atomic mass is 32.1. The highest BCUT2D eigenvalue weighted by Gasteiger charge is 2.39. The van der Waals surface area contributed by atoms with Gasteiger partial charge < -0.3 is 5.32 Å². The van der Waals surface area contributed by atoms with Crippen molar-refractivity contribution in [2.45, 2.75) is 19.4 Å². The summed E-state index contributed by atoms with van der Waals surface area (Å²) in [6.07, 6.45) is -0.151. The third kappa shape index (κ3) is 2.82. The number of carbonyl (C=O) groups excluding carboxylic acids is 4. The molecule has 3 amide bonds. The first kappa shape index (κ1) is 12.7. The van der Waals surface area contributed by atoms with Crippen LogP contribution in [0.5, 0.6) is 0 Å². The molecule has 1 saturated heterocycles. The van der Waals surface area contributed by atoms with E-state index in [0.717, 1.165) is 0 Å². The molecule has 1 unspecified atom stereocenters. The van der Waals surface area contributed by atoms with Crippen molar-refractivity contribution in [3.8, 4) is 0 Å². The maximum absolute atomic E-state index is 11.8. The molecule has 0 aromatic heterocycles. The second kappa shape index (κ2) is 5.11. The zero-order valence-electron chi connectivity index (χ0n) is 8.65. The van der Waals surface area contributed by atoms with Gasteiger partial charge in [-0.2, -0.15) is 12.6 Å². The molecule has 6 nitrogen and oxygen atoms in total. The Labute approximate surface area is 97.6 Å². The fourth-order valence-electron chi connectivity index (χ4n) is 1.48. The van der Waals surface area contributed by atoms with E-state index in [4.69, 9.17) is 0 Å². The van der Waals surface area contributed by atoms with Crippen LogP contribution in [-0.2, 0) is 19.2 Å². The molecular weight excluding hydrogens is 232 g/mol. The van der Waals surface area contributed by atoms with Crippen LogP contribution >= 0.6 is 12.6 Å². The van der Waals surface area contributed by atoms with Gasteiger partial charge >= 0.3 is 0 Å². The van der Waals surface area contributed by atoms with Crippen LogP contribution in [0.4, 0.5) is 0 Å². The predicted molar refractivity (Wildman–Crippen MR) is 57.7 cm³/mol. The van der Waals surface area contributed by atoms with Gasteiger partial charge in [0, 0.05) is 19.1 Å². The van der Waals surface area contributed by atoms with E-state index in [-0.39, 0.29) is 18.1 Å². The lowest BCUT2D eigenvalue weighted by Gasteiger charge is -2.16. The van der Waals surface area contributed by atoms with Crippen LogP contribution in [0.2, 0.25) is 0 Å². The SMILES string of the molecule is CC(=O)N[C@@H](CS)C(=O)C1CC(=O)NC1=O. The molecule has 0 radical (unpaired) electrons. The Morgan fingerprint density at radius 1 is 1.56 bits per heavy atom.